The number of halogens is 1. The van der Waals surface area contributed by atoms with Crippen molar-refractivity contribution in [3.8, 4) is 11.5 Å². The second-order valence-electron chi connectivity index (χ2n) is 4.35. The minimum Gasteiger partial charge on any atom is -0.493 e. The zero-order valence-corrected chi connectivity index (χ0v) is 12.7. The molecule has 0 bridgehead atoms. The van der Waals surface area contributed by atoms with Crippen LogP contribution in [-0.4, -0.2) is 19.3 Å². The molecular weight excluding hydrogens is 294 g/mol. The first-order valence-corrected chi connectivity index (χ1v) is 6.68. The Bertz CT molecular complexity index is 419. The van der Waals surface area contributed by atoms with E-state index in [0.717, 1.165) is 16.5 Å². The zero-order valence-electron chi connectivity index (χ0n) is 11.1. The third-order valence-electron chi connectivity index (χ3n) is 2.48. The van der Waals surface area contributed by atoms with Crippen molar-refractivity contribution in [1.29, 1.82) is 0 Å². The third-order valence-corrected chi connectivity index (χ3v) is 3.07. The second-order valence-corrected chi connectivity index (χ2v) is 5.20. The first kappa shape index (κ1) is 15.1. The highest BCUT2D eigenvalue weighted by Crippen LogP contribution is 2.37. The van der Waals surface area contributed by atoms with E-state index in [0.29, 0.717) is 11.5 Å². The maximum Gasteiger partial charge on any atom is 0.176 e. The minimum atomic E-state index is -0.0746. The van der Waals surface area contributed by atoms with Crippen LogP contribution < -0.4 is 15.2 Å². The number of hydrogen-bond donors (Lipinski definition) is 1. The minimum absolute atomic E-state index is 0.0746. The van der Waals surface area contributed by atoms with E-state index < -0.39 is 0 Å². The van der Waals surface area contributed by atoms with Crippen molar-refractivity contribution in [3.63, 3.8) is 0 Å². The third kappa shape index (κ3) is 4.03. The quantitative estimate of drug-likeness (QED) is 0.819. The summed E-state index contributed by atoms with van der Waals surface area (Å²) in [7, 11) is 1.63. The van der Waals surface area contributed by atoms with Crippen LogP contribution in [0.3, 0.4) is 0 Å². The molecule has 0 heterocycles. The number of methoxy groups -OCH3 is 1. The number of hydrogen-bond acceptors (Lipinski definition) is 3. The molecule has 1 aromatic rings. The van der Waals surface area contributed by atoms with Crippen molar-refractivity contribution < 1.29 is 9.47 Å². The highest BCUT2D eigenvalue weighted by atomic mass is 79.9. The molecule has 3 nitrogen and oxygen atoms in total. The molecule has 1 rings (SSSR count). The summed E-state index contributed by atoms with van der Waals surface area (Å²) in [5, 5.41) is 0. The normalized spacial score (nSPS) is 13.8. The predicted octanol–water partition coefficient (Wildman–Crippen LogP) is 3.30. The van der Waals surface area contributed by atoms with Gasteiger partial charge in [0.15, 0.2) is 11.5 Å². The summed E-state index contributed by atoms with van der Waals surface area (Å²) < 4.78 is 12.0. The maximum atomic E-state index is 5.81. The molecule has 0 fully saturated rings. The lowest BCUT2D eigenvalue weighted by Crippen LogP contribution is -2.18. The van der Waals surface area contributed by atoms with Gasteiger partial charge in [-0.05, 0) is 53.9 Å². The molecule has 1 aromatic carbocycles. The molecule has 0 aliphatic rings. The Balaban J connectivity index is 3.07. The van der Waals surface area contributed by atoms with Gasteiger partial charge in [0.25, 0.3) is 0 Å². The molecular formula is C14H20BrNO2. The lowest BCUT2D eigenvalue weighted by Gasteiger charge is -2.17. The Morgan fingerprint density at radius 1 is 1.44 bits per heavy atom. The average Bonchev–Trinajstić information content (AvgIpc) is 2.31. The van der Waals surface area contributed by atoms with Crippen molar-refractivity contribution in [2.45, 2.75) is 32.4 Å². The van der Waals surface area contributed by atoms with Crippen LogP contribution in [0, 0.1) is 0 Å². The van der Waals surface area contributed by atoms with Crippen LogP contribution in [0.1, 0.15) is 19.4 Å². The molecule has 0 aliphatic heterocycles. The van der Waals surface area contributed by atoms with Crippen LogP contribution in [0.4, 0.5) is 0 Å². The molecule has 0 saturated carbocycles. The van der Waals surface area contributed by atoms with Crippen LogP contribution >= 0.6 is 15.9 Å². The molecule has 2 atom stereocenters. The van der Waals surface area contributed by atoms with Crippen LogP contribution in [0.2, 0.25) is 0 Å². The van der Waals surface area contributed by atoms with Gasteiger partial charge in [-0.1, -0.05) is 12.7 Å². The van der Waals surface area contributed by atoms with Gasteiger partial charge in [-0.3, -0.25) is 0 Å². The fourth-order valence-corrected chi connectivity index (χ4v) is 2.19. The molecule has 0 aliphatic carbocycles. The smallest absolute Gasteiger partial charge is 0.176 e. The first-order chi connectivity index (χ1) is 8.47. The lowest BCUT2D eigenvalue weighted by molar-refractivity contribution is 0.252. The molecule has 2 N–H and O–H groups in total. The van der Waals surface area contributed by atoms with Crippen molar-refractivity contribution in [2.75, 3.05) is 7.11 Å². The number of benzene rings is 1. The lowest BCUT2D eigenvalue weighted by atomic mass is 10.1. The Labute approximate surface area is 117 Å². The molecule has 0 aromatic heterocycles. The summed E-state index contributed by atoms with van der Waals surface area (Å²) >= 11 is 3.51. The summed E-state index contributed by atoms with van der Waals surface area (Å²) in [5.74, 6) is 1.40. The fraction of sp³-hybridized carbons (Fsp3) is 0.429. The van der Waals surface area contributed by atoms with E-state index >= 15 is 0 Å². The van der Waals surface area contributed by atoms with Crippen molar-refractivity contribution in [2.24, 2.45) is 5.73 Å². The Morgan fingerprint density at radius 3 is 2.61 bits per heavy atom. The van der Waals surface area contributed by atoms with Gasteiger partial charge in [-0.15, -0.1) is 0 Å². The van der Waals surface area contributed by atoms with Gasteiger partial charge in [0, 0.05) is 6.04 Å². The van der Waals surface area contributed by atoms with E-state index in [2.05, 4.69) is 22.5 Å². The summed E-state index contributed by atoms with van der Waals surface area (Å²) in [6, 6.07) is 4.08. The number of nitrogens with two attached hydrogens (primary N) is 1. The maximum absolute atomic E-state index is 5.81. The van der Waals surface area contributed by atoms with Gasteiger partial charge >= 0.3 is 0 Å². The number of ether oxygens (including phenoxy) is 2. The average molecular weight is 314 g/mol. The molecule has 2 unspecified atom stereocenters. The Kier molecular flexibility index (Phi) is 5.69. The van der Waals surface area contributed by atoms with E-state index in [1.165, 1.54) is 0 Å². The Morgan fingerprint density at radius 2 is 2.11 bits per heavy atom. The highest BCUT2D eigenvalue weighted by molar-refractivity contribution is 9.10. The van der Waals surface area contributed by atoms with E-state index in [1.807, 2.05) is 26.0 Å². The molecule has 0 amide bonds. The van der Waals surface area contributed by atoms with Crippen molar-refractivity contribution in [3.05, 3.63) is 34.8 Å². The molecule has 0 radical (unpaired) electrons. The number of rotatable bonds is 6. The summed E-state index contributed by atoms with van der Waals surface area (Å²) in [5.41, 5.74) is 6.92. The predicted molar refractivity (Wildman–Crippen MR) is 78.3 cm³/mol. The molecule has 4 heteroatoms. The zero-order chi connectivity index (χ0) is 13.7. The van der Waals surface area contributed by atoms with Crippen LogP contribution in [0.25, 0.3) is 0 Å². The van der Waals surface area contributed by atoms with Gasteiger partial charge in [-0.2, -0.15) is 0 Å². The fourth-order valence-electron chi connectivity index (χ4n) is 1.61. The highest BCUT2D eigenvalue weighted by Gasteiger charge is 2.14. The van der Waals surface area contributed by atoms with Gasteiger partial charge in [0.05, 0.1) is 11.6 Å². The summed E-state index contributed by atoms with van der Waals surface area (Å²) in [6.45, 7) is 7.60. The van der Waals surface area contributed by atoms with Crippen LogP contribution in [0.5, 0.6) is 11.5 Å². The van der Waals surface area contributed by atoms with E-state index in [9.17, 15) is 0 Å². The van der Waals surface area contributed by atoms with Gasteiger partial charge in [-0.25, -0.2) is 0 Å². The largest absolute Gasteiger partial charge is 0.493 e. The molecule has 100 valence electrons. The van der Waals surface area contributed by atoms with Gasteiger partial charge in [0.1, 0.15) is 6.10 Å². The van der Waals surface area contributed by atoms with Crippen molar-refractivity contribution in [1.82, 2.24) is 0 Å². The first-order valence-electron chi connectivity index (χ1n) is 5.89. The SMILES string of the molecule is C=CC(C)Oc1c(Br)cc(CC(C)N)cc1OC. The second kappa shape index (κ2) is 6.81. The molecule has 0 spiro atoms. The Hall–Kier alpha value is -1.00. The summed E-state index contributed by atoms with van der Waals surface area (Å²) in [6.07, 6.45) is 2.46. The molecule has 0 saturated heterocycles. The van der Waals surface area contributed by atoms with E-state index in [1.54, 1.807) is 13.2 Å². The van der Waals surface area contributed by atoms with Gasteiger partial charge in [0.2, 0.25) is 0 Å². The van der Waals surface area contributed by atoms with Crippen LogP contribution in [0.15, 0.2) is 29.3 Å². The van der Waals surface area contributed by atoms with E-state index in [-0.39, 0.29) is 12.1 Å². The summed E-state index contributed by atoms with van der Waals surface area (Å²) in [4.78, 5) is 0. The molecule has 18 heavy (non-hydrogen) atoms. The van der Waals surface area contributed by atoms with Crippen molar-refractivity contribution >= 4 is 15.9 Å². The van der Waals surface area contributed by atoms with Crippen LogP contribution in [-0.2, 0) is 6.42 Å². The monoisotopic (exact) mass is 313 g/mol. The van der Waals surface area contributed by atoms with E-state index in [4.69, 9.17) is 15.2 Å². The van der Waals surface area contributed by atoms with Gasteiger partial charge < -0.3 is 15.2 Å². The topological polar surface area (TPSA) is 44.5 Å². The standard InChI is InChI=1S/C14H20BrNO2/c1-5-10(3)18-14-12(15)7-11(6-9(2)16)8-13(14)17-4/h5,7-10H,1,6,16H2,2-4H3.